The first-order chi connectivity index (χ1) is 13.8. The Morgan fingerprint density at radius 2 is 1.54 bits per heavy atom. The number of H-pyrrole nitrogens is 1. The molecule has 4 N–H and O–H groups in total. The number of fused-ring (bicyclic) bond motifs is 4. The first kappa shape index (κ1) is 16.5. The standard InChI is InChI=1S/C24H21N3O/c1-28-16-10-11-22-21(12-16)15(13-26-22)14-27-24-20-9-5-3-7-18(20)17-6-2-4-8-19(17)23(24)25/h2-13,26-27H,14,25H2,1H3. The number of nitrogens with one attached hydrogen (secondary N) is 2. The quantitative estimate of drug-likeness (QED) is 0.218. The second-order valence-corrected chi connectivity index (χ2v) is 6.96. The molecule has 1 heterocycles. The van der Waals surface area contributed by atoms with E-state index < -0.39 is 0 Å². The molecule has 0 radical (unpaired) electrons. The van der Waals surface area contributed by atoms with E-state index in [0.717, 1.165) is 38.8 Å². The molecule has 0 fully saturated rings. The summed E-state index contributed by atoms with van der Waals surface area (Å²) in [4.78, 5) is 3.33. The molecule has 0 spiro atoms. The first-order valence-corrected chi connectivity index (χ1v) is 9.33. The molecule has 4 nitrogen and oxygen atoms in total. The van der Waals surface area contributed by atoms with Gasteiger partial charge in [-0.25, -0.2) is 0 Å². The summed E-state index contributed by atoms with van der Waals surface area (Å²) in [5, 5.41) is 9.33. The molecular formula is C24H21N3O. The summed E-state index contributed by atoms with van der Waals surface area (Å²) in [5.74, 6) is 0.851. The molecule has 0 aliphatic rings. The van der Waals surface area contributed by atoms with E-state index in [1.54, 1.807) is 7.11 Å². The maximum atomic E-state index is 6.59. The van der Waals surface area contributed by atoms with Crippen molar-refractivity contribution in [1.29, 1.82) is 0 Å². The molecule has 0 saturated carbocycles. The Bertz CT molecular complexity index is 1320. The highest BCUT2D eigenvalue weighted by Gasteiger charge is 2.12. The zero-order valence-electron chi connectivity index (χ0n) is 15.6. The van der Waals surface area contributed by atoms with Crippen molar-refractivity contribution in [2.24, 2.45) is 0 Å². The minimum atomic E-state index is 0.666. The lowest BCUT2D eigenvalue weighted by Crippen LogP contribution is -2.04. The van der Waals surface area contributed by atoms with Crippen LogP contribution in [-0.2, 0) is 6.54 Å². The number of aromatic amines is 1. The predicted octanol–water partition coefficient (Wildman–Crippen LogP) is 5.68. The van der Waals surface area contributed by atoms with E-state index in [2.05, 4.69) is 58.8 Å². The molecule has 0 aliphatic heterocycles. The lowest BCUT2D eigenvalue weighted by Gasteiger charge is -2.16. The second-order valence-electron chi connectivity index (χ2n) is 6.96. The number of nitrogen functional groups attached to an aromatic ring is 1. The summed E-state index contributed by atoms with van der Waals surface area (Å²) in [5.41, 5.74) is 10.6. The van der Waals surface area contributed by atoms with Gasteiger partial charge in [0, 0.05) is 34.4 Å². The maximum absolute atomic E-state index is 6.59. The largest absolute Gasteiger partial charge is 0.497 e. The normalized spacial score (nSPS) is 11.3. The number of ether oxygens (including phenoxy) is 1. The Morgan fingerprint density at radius 3 is 2.29 bits per heavy atom. The molecule has 28 heavy (non-hydrogen) atoms. The smallest absolute Gasteiger partial charge is 0.119 e. The highest BCUT2D eigenvalue weighted by atomic mass is 16.5. The van der Waals surface area contributed by atoms with Crippen molar-refractivity contribution in [3.8, 4) is 5.75 Å². The molecule has 0 aliphatic carbocycles. The van der Waals surface area contributed by atoms with E-state index in [1.165, 1.54) is 16.3 Å². The third-order valence-electron chi connectivity index (χ3n) is 5.40. The zero-order valence-corrected chi connectivity index (χ0v) is 15.6. The number of rotatable bonds is 4. The average Bonchev–Trinajstić information content (AvgIpc) is 3.16. The van der Waals surface area contributed by atoms with Gasteiger partial charge in [-0.3, -0.25) is 0 Å². The molecule has 4 heteroatoms. The minimum absolute atomic E-state index is 0.666. The van der Waals surface area contributed by atoms with E-state index in [0.29, 0.717) is 6.54 Å². The molecule has 1 aromatic heterocycles. The van der Waals surface area contributed by atoms with Gasteiger partial charge < -0.3 is 20.8 Å². The molecule has 0 unspecified atom stereocenters. The van der Waals surface area contributed by atoms with Crippen molar-refractivity contribution in [1.82, 2.24) is 4.98 Å². The third-order valence-corrected chi connectivity index (χ3v) is 5.40. The number of hydrogen-bond donors (Lipinski definition) is 3. The number of nitrogens with two attached hydrogens (primary N) is 1. The SMILES string of the molecule is COc1ccc2[nH]cc(CNc3c(N)c4ccccc4c4ccccc34)c2c1. The van der Waals surface area contributed by atoms with Crippen LogP contribution < -0.4 is 15.8 Å². The summed E-state index contributed by atoms with van der Waals surface area (Å²) in [7, 11) is 1.69. The zero-order chi connectivity index (χ0) is 19.1. The van der Waals surface area contributed by atoms with Gasteiger partial charge in [-0.05, 0) is 34.5 Å². The van der Waals surface area contributed by atoms with Gasteiger partial charge in [-0.1, -0.05) is 48.5 Å². The Hall–Kier alpha value is -3.66. The van der Waals surface area contributed by atoms with Crippen LogP contribution in [0, 0.1) is 0 Å². The van der Waals surface area contributed by atoms with Crippen LogP contribution >= 0.6 is 0 Å². The second kappa shape index (κ2) is 6.50. The van der Waals surface area contributed by atoms with Gasteiger partial charge in [-0.2, -0.15) is 0 Å². The van der Waals surface area contributed by atoms with Crippen LogP contribution in [0.4, 0.5) is 11.4 Å². The van der Waals surface area contributed by atoms with E-state index in [1.807, 2.05) is 24.4 Å². The van der Waals surface area contributed by atoms with E-state index in [4.69, 9.17) is 10.5 Å². The molecule has 0 amide bonds. The molecule has 0 atom stereocenters. The topological polar surface area (TPSA) is 63.1 Å². The summed E-state index contributed by atoms with van der Waals surface area (Å²) in [6.07, 6.45) is 2.04. The van der Waals surface area contributed by atoms with Gasteiger partial charge in [0.15, 0.2) is 0 Å². The Morgan fingerprint density at radius 1 is 0.857 bits per heavy atom. The molecule has 0 saturated heterocycles. The van der Waals surface area contributed by atoms with Crippen LogP contribution in [0.3, 0.4) is 0 Å². The molecular weight excluding hydrogens is 346 g/mol. The Labute approximate surface area is 162 Å². The average molecular weight is 367 g/mol. The number of aromatic nitrogens is 1. The van der Waals surface area contributed by atoms with Gasteiger partial charge in [-0.15, -0.1) is 0 Å². The van der Waals surface area contributed by atoms with Crippen LogP contribution in [0.25, 0.3) is 32.4 Å². The van der Waals surface area contributed by atoms with Crippen molar-refractivity contribution in [2.75, 3.05) is 18.2 Å². The lowest BCUT2D eigenvalue weighted by atomic mass is 9.98. The number of anilines is 2. The maximum Gasteiger partial charge on any atom is 0.119 e. The predicted molar refractivity (Wildman–Crippen MR) is 118 cm³/mol. The monoisotopic (exact) mass is 367 g/mol. The number of benzene rings is 4. The lowest BCUT2D eigenvalue weighted by molar-refractivity contribution is 0.415. The highest BCUT2D eigenvalue weighted by Crippen LogP contribution is 2.38. The third kappa shape index (κ3) is 2.54. The van der Waals surface area contributed by atoms with E-state index in [9.17, 15) is 0 Å². The van der Waals surface area contributed by atoms with Crippen molar-refractivity contribution in [2.45, 2.75) is 6.54 Å². The fourth-order valence-corrected chi connectivity index (χ4v) is 3.97. The van der Waals surface area contributed by atoms with Crippen molar-refractivity contribution < 1.29 is 4.74 Å². The van der Waals surface area contributed by atoms with Crippen LogP contribution in [0.5, 0.6) is 5.75 Å². The molecule has 5 aromatic rings. The van der Waals surface area contributed by atoms with Gasteiger partial charge in [0.1, 0.15) is 5.75 Å². The van der Waals surface area contributed by atoms with E-state index >= 15 is 0 Å². The molecule has 5 rings (SSSR count). The summed E-state index contributed by atoms with van der Waals surface area (Å²) < 4.78 is 5.38. The van der Waals surface area contributed by atoms with Crippen molar-refractivity contribution in [3.63, 3.8) is 0 Å². The molecule has 138 valence electrons. The van der Waals surface area contributed by atoms with Crippen LogP contribution in [0.15, 0.2) is 72.9 Å². The summed E-state index contributed by atoms with van der Waals surface area (Å²) in [6, 6.07) is 22.8. The van der Waals surface area contributed by atoms with Crippen LogP contribution in [-0.4, -0.2) is 12.1 Å². The fraction of sp³-hybridized carbons (Fsp3) is 0.0833. The Kier molecular flexibility index (Phi) is 3.83. The molecule has 0 bridgehead atoms. The van der Waals surface area contributed by atoms with Gasteiger partial charge in [0.25, 0.3) is 0 Å². The van der Waals surface area contributed by atoms with Crippen molar-refractivity contribution >= 4 is 43.8 Å². The van der Waals surface area contributed by atoms with Gasteiger partial charge in [0.2, 0.25) is 0 Å². The summed E-state index contributed by atoms with van der Waals surface area (Å²) in [6.45, 7) is 0.666. The fourth-order valence-electron chi connectivity index (χ4n) is 3.97. The van der Waals surface area contributed by atoms with E-state index in [-0.39, 0.29) is 0 Å². The van der Waals surface area contributed by atoms with Crippen molar-refractivity contribution in [3.05, 3.63) is 78.5 Å². The van der Waals surface area contributed by atoms with Gasteiger partial charge in [0.05, 0.1) is 18.5 Å². The number of methoxy groups -OCH3 is 1. The van der Waals surface area contributed by atoms with Crippen LogP contribution in [0.1, 0.15) is 5.56 Å². The number of hydrogen-bond acceptors (Lipinski definition) is 3. The van der Waals surface area contributed by atoms with Crippen LogP contribution in [0.2, 0.25) is 0 Å². The van der Waals surface area contributed by atoms with Gasteiger partial charge >= 0.3 is 0 Å². The Balaban J connectivity index is 1.61. The molecule has 4 aromatic carbocycles. The first-order valence-electron chi connectivity index (χ1n) is 9.33. The minimum Gasteiger partial charge on any atom is -0.497 e. The highest BCUT2D eigenvalue weighted by molar-refractivity contribution is 6.19. The summed E-state index contributed by atoms with van der Waals surface area (Å²) >= 11 is 0.